The Bertz CT molecular complexity index is 911. The first-order valence-electron chi connectivity index (χ1n) is 10.4. The Kier molecular flexibility index (Phi) is 5.21. The summed E-state index contributed by atoms with van der Waals surface area (Å²) in [7, 11) is 1.62. The van der Waals surface area contributed by atoms with E-state index in [0.717, 1.165) is 5.56 Å². The van der Waals surface area contributed by atoms with Crippen LogP contribution in [0.1, 0.15) is 57.1 Å². The molecule has 0 saturated heterocycles. The van der Waals surface area contributed by atoms with Crippen molar-refractivity contribution in [1.29, 1.82) is 0 Å². The van der Waals surface area contributed by atoms with Crippen molar-refractivity contribution >= 4 is 17.7 Å². The number of rotatable bonds is 3. The molecular weight excluding hydrogens is 391 g/mol. The van der Waals surface area contributed by atoms with Crippen LogP contribution in [0, 0.1) is 23.1 Å². The van der Waals surface area contributed by atoms with Crippen molar-refractivity contribution in [3.05, 3.63) is 29.1 Å². The highest BCUT2D eigenvalue weighted by molar-refractivity contribution is 5.93. The minimum atomic E-state index is -0.724. The third-order valence-corrected chi connectivity index (χ3v) is 7.34. The van der Waals surface area contributed by atoms with E-state index in [1.165, 1.54) is 19.9 Å². The average Bonchev–Trinajstić information content (AvgIpc) is 2.93. The van der Waals surface area contributed by atoms with Gasteiger partial charge in [0.2, 0.25) is 0 Å². The second-order valence-corrected chi connectivity index (χ2v) is 8.97. The molecule has 0 heterocycles. The highest BCUT2D eigenvalue weighted by atomic mass is 19.1. The van der Waals surface area contributed by atoms with E-state index in [1.54, 1.807) is 7.11 Å². The smallest absolute Gasteiger partial charge is 0.308 e. The Labute approximate surface area is 175 Å². The lowest BCUT2D eigenvalue weighted by Gasteiger charge is -2.51. The molecule has 1 aromatic rings. The average molecular weight is 418 g/mol. The van der Waals surface area contributed by atoms with Crippen molar-refractivity contribution in [3.63, 3.8) is 0 Å². The van der Waals surface area contributed by atoms with Gasteiger partial charge in [0.15, 0.2) is 23.5 Å². The lowest BCUT2D eigenvalue weighted by atomic mass is 9.54. The molecule has 162 valence electrons. The molecule has 6 atom stereocenters. The third-order valence-electron chi connectivity index (χ3n) is 7.34. The SMILES string of the molecule is CO[C@H]1C[C@]2(C)C(=O)[C@@H](OC(C)=O)C[C@H]2[C@@H]2CCc3c(ccc(OC(C)=O)c3F)[C@H]21. The van der Waals surface area contributed by atoms with Crippen LogP contribution in [0.3, 0.4) is 0 Å². The highest BCUT2D eigenvalue weighted by Gasteiger charge is 2.62. The van der Waals surface area contributed by atoms with Crippen LogP contribution in [0.25, 0.3) is 0 Å². The van der Waals surface area contributed by atoms with Crippen LogP contribution >= 0.6 is 0 Å². The number of Topliss-reactive ketones (excluding diaryl/α,β-unsaturated/α-hetero) is 1. The van der Waals surface area contributed by atoms with E-state index in [2.05, 4.69) is 0 Å². The van der Waals surface area contributed by atoms with Gasteiger partial charge in [-0.05, 0) is 54.7 Å². The van der Waals surface area contributed by atoms with Crippen molar-refractivity contribution < 1.29 is 33.0 Å². The van der Waals surface area contributed by atoms with E-state index in [9.17, 15) is 14.4 Å². The Hall–Kier alpha value is -2.28. The minimum Gasteiger partial charge on any atom is -0.455 e. The van der Waals surface area contributed by atoms with Gasteiger partial charge in [-0.25, -0.2) is 4.39 Å². The van der Waals surface area contributed by atoms with Crippen LogP contribution in [0.4, 0.5) is 4.39 Å². The number of carbonyl (C=O) groups is 3. The molecule has 2 fully saturated rings. The number of ether oxygens (including phenoxy) is 3. The zero-order valence-electron chi connectivity index (χ0n) is 17.7. The van der Waals surface area contributed by atoms with E-state index < -0.39 is 29.3 Å². The molecule has 0 bridgehead atoms. The van der Waals surface area contributed by atoms with Gasteiger partial charge in [0, 0.05) is 32.3 Å². The van der Waals surface area contributed by atoms with Crippen LogP contribution in [0.2, 0.25) is 0 Å². The predicted molar refractivity (Wildman–Crippen MR) is 104 cm³/mol. The molecule has 0 radical (unpaired) electrons. The van der Waals surface area contributed by atoms with E-state index in [1.807, 2.05) is 13.0 Å². The van der Waals surface area contributed by atoms with Crippen LogP contribution in [-0.4, -0.2) is 37.0 Å². The Morgan fingerprint density at radius 2 is 1.93 bits per heavy atom. The molecule has 3 aliphatic rings. The van der Waals surface area contributed by atoms with Crippen molar-refractivity contribution in [2.75, 3.05) is 7.11 Å². The molecule has 0 amide bonds. The fourth-order valence-electron chi connectivity index (χ4n) is 6.19. The molecule has 7 heteroatoms. The molecule has 0 aromatic heterocycles. The number of halogens is 1. The predicted octanol–water partition coefficient (Wildman–Crippen LogP) is 3.34. The number of methoxy groups -OCH3 is 1. The number of hydrogen-bond acceptors (Lipinski definition) is 6. The lowest BCUT2D eigenvalue weighted by Crippen LogP contribution is -2.50. The Balaban J connectivity index is 1.73. The summed E-state index contributed by atoms with van der Waals surface area (Å²) in [4.78, 5) is 35.9. The quantitative estimate of drug-likeness (QED) is 0.553. The van der Waals surface area contributed by atoms with E-state index in [0.29, 0.717) is 31.2 Å². The monoisotopic (exact) mass is 418 g/mol. The van der Waals surface area contributed by atoms with Gasteiger partial charge in [-0.15, -0.1) is 0 Å². The number of ketones is 1. The van der Waals surface area contributed by atoms with Gasteiger partial charge in [0.1, 0.15) is 0 Å². The second-order valence-electron chi connectivity index (χ2n) is 8.97. The summed E-state index contributed by atoms with van der Waals surface area (Å²) in [6, 6.07) is 3.32. The van der Waals surface area contributed by atoms with Gasteiger partial charge >= 0.3 is 11.9 Å². The first kappa shape index (κ1) is 21.0. The normalized spacial score (nSPS) is 34.6. The summed E-state index contributed by atoms with van der Waals surface area (Å²) in [5.74, 6) is -1.52. The van der Waals surface area contributed by atoms with Crippen LogP contribution in [-0.2, 0) is 30.3 Å². The molecule has 0 unspecified atom stereocenters. The van der Waals surface area contributed by atoms with E-state index >= 15 is 4.39 Å². The number of carbonyl (C=O) groups excluding carboxylic acids is 3. The molecule has 3 aliphatic carbocycles. The minimum absolute atomic E-state index is 0.0367. The van der Waals surface area contributed by atoms with Gasteiger partial charge in [0.05, 0.1) is 6.10 Å². The van der Waals surface area contributed by atoms with Gasteiger partial charge in [-0.1, -0.05) is 13.0 Å². The molecule has 0 aliphatic heterocycles. The van der Waals surface area contributed by atoms with E-state index in [4.69, 9.17) is 14.2 Å². The first-order chi connectivity index (χ1) is 14.2. The molecule has 4 rings (SSSR count). The van der Waals surface area contributed by atoms with Crippen LogP contribution < -0.4 is 4.74 Å². The maximum atomic E-state index is 15.1. The molecule has 1 aromatic carbocycles. The standard InChI is InChI=1S/C23H27FO6/c1-11(25)29-17-8-7-13-14(21(17)24)5-6-15-16-9-18(30-12(2)26)22(27)23(16,3)10-19(28-4)20(13)15/h7-8,15-16,18-20H,5-6,9-10H2,1-4H3/t15-,16-,18-,19-,20+,23-/m0/s1. The van der Waals surface area contributed by atoms with E-state index in [-0.39, 0.29) is 35.4 Å². The van der Waals surface area contributed by atoms with Gasteiger partial charge in [-0.2, -0.15) is 0 Å². The molecule has 0 N–H and O–H groups in total. The Morgan fingerprint density at radius 1 is 1.20 bits per heavy atom. The van der Waals surface area contributed by atoms with Crippen molar-refractivity contribution in [2.24, 2.45) is 17.3 Å². The number of benzene rings is 1. The highest BCUT2D eigenvalue weighted by Crippen LogP contribution is 2.60. The van der Waals surface area contributed by atoms with Crippen molar-refractivity contribution in [1.82, 2.24) is 0 Å². The molecule has 2 saturated carbocycles. The fourth-order valence-corrected chi connectivity index (χ4v) is 6.19. The zero-order chi connectivity index (χ0) is 21.8. The lowest BCUT2D eigenvalue weighted by molar-refractivity contribution is -0.154. The Morgan fingerprint density at radius 3 is 2.57 bits per heavy atom. The summed E-state index contributed by atoms with van der Waals surface area (Å²) in [6.45, 7) is 4.51. The van der Waals surface area contributed by atoms with Gasteiger partial charge in [0.25, 0.3) is 0 Å². The van der Waals surface area contributed by atoms with Crippen molar-refractivity contribution in [2.45, 2.75) is 64.6 Å². The number of esters is 2. The summed E-state index contributed by atoms with van der Waals surface area (Å²) >= 11 is 0. The van der Waals surface area contributed by atoms with Gasteiger partial charge in [-0.3, -0.25) is 14.4 Å². The fraction of sp³-hybridized carbons (Fsp3) is 0.609. The largest absolute Gasteiger partial charge is 0.455 e. The maximum Gasteiger partial charge on any atom is 0.308 e. The summed E-state index contributed by atoms with van der Waals surface area (Å²) in [5.41, 5.74) is 0.786. The molecule has 30 heavy (non-hydrogen) atoms. The summed E-state index contributed by atoms with van der Waals surface area (Å²) < 4.78 is 31.3. The summed E-state index contributed by atoms with van der Waals surface area (Å²) in [6.07, 6.45) is 1.20. The van der Waals surface area contributed by atoms with Crippen molar-refractivity contribution in [3.8, 4) is 5.75 Å². The van der Waals surface area contributed by atoms with Crippen LogP contribution in [0.15, 0.2) is 12.1 Å². The number of hydrogen-bond donors (Lipinski definition) is 0. The molecular formula is C23H27FO6. The van der Waals surface area contributed by atoms with Crippen LogP contribution in [0.5, 0.6) is 5.75 Å². The topological polar surface area (TPSA) is 78.9 Å². The molecule has 6 nitrogen and oxygen atoms in total. The second kappa shape index (κ2) is 7.45. The zero-order valence-corrected chi connectivity index (χ0v) is 17.7. The summed E-state index contributed by atoms with van der Waals surface area (Å²) in [5, 5.41) is 0. The maximum absolute atomic E-state index is 15.1. The third kappa shape index (κ3) is 3.14. The van der Waals surface area contributed by atoms with Gasteiger partial charge < -0.3 is 14.2 Å². The number of fused-ring (bicyclic) bond motifs is 5. The first-order valence-corrected chi connectivity index (χ1v) is 10.4. The molecule has 0 spiro atoms.